The zero-order valence-electron chi connectivity index (χ0n) is 7.11. The Balaban J connectivity index is 3.05. The van der Waals surface area contributed by atoms with Crippen LogP contribution in [0.2, 0.25) is 5.02 Å². The van der Waals surface area contributed by atoms with Gasteiger partial charge < -0.3 is 4.74 Å². The minimum atomic E-state index is -0.429. The lowest BCUT2D eigenvalue weighted by molar-refractivity contribution is 0.321. The molecule has 0 atom stereocenters. The van der Waals surface area contributed by atoms with E-state index in [0.717, 1.165) is 0 Å². The molecule has 0 aliphatic heterocycles. The van der Waals surface area contributed by atoms with Gasteiger partial charge in [0.15, 0.2) is 11.6 Å². The van der Waals surface area contributed by atoms with Gasteiger partial charge in [0.2, 0.25) is 0 Å². The second-order valence-electron chi connectivity index (χ2n) is 2.44. The maximum absolute atomic E-state index is 13.2. The van der Waals surface area contributed by atoms with E-state index in [4.69, 9.17) is 27.9 Å². The van der Waals surface area contributed by atoms with Crippen molar-refractivity contribution in [3.63, 3.8) is 0 Å². The number of hydrogen-bond donors (Lipinski definition) is 0. The van der Waals surface area contributed by atoms with Gasteiger partial charge in [-0.25, -0.2) is 4.39 Å². The van der Waals surface area contributed by atoms with Gasteiger partial charge in [-0.3, -0.25) is 0 Å². The van der Waals surface area contributed by atoms with Crippen molar-refractivity contribution < 1.29 is 9.13 Å². The van der Waals surface area contributed by atoms with E-state index in [1.807, 2.05) is 0 Å². The van der Waals surface area contributed by atoms with E-state index in [1.54, 1.807) is 6.92 Å². The number of rotatable bonds is 3. The fourth-order valence-corrected chi connectivity index (χ4v) is 1.45. The molecule has 13 heavy (non-hydrogen) atoms. The topological polar surface area (TPSA) is 9.23 Å². The first kappa shape index (κ1) is 10.6. The molecule has 1 aromatic rings. The van der Waals surface area contributed by atoms with Gasteiger partial charge in [-0.05, 0) is 18.6 Å². The van der Waals surface area contributed by atoms with Gasteiger partial charge in [0, 0.05) is 17.0 Å². The first-order valence-corrected chi connectivity index (χ1v) is 4.77. The SMILES string of the molecule is CCOc1cc(Cl)c(CCl)cc1F. The molecule has 0 N–H and O–H groups in total. The highest BCUT2D eigenvalue weighted by Crippen LogP contribution is 2.27. The molecule has 0 bridgehead atoms. The highest BCUT2D eigenvalue weighted by Gasteiger charge is 2.08. The van der Waals surface area contributed by atoms with Crippen molar-refractivity contribution in [2.75, 3.05) is 6.61 Å². The molecule has 0 saturated heterocycles. The summed E-state index contributed by atoms with van der Waals surface area (Å²) in [7, 11) is 0. The molecule has 0 aromatic heterocycles. The summed E-state index contributed by atoms with van der Waals surface area (Å²) < 4.78 is 18.2. The zero-order chi connectivity index (χ0) is 9.84. The maximum Gasteiger partial charge on any atom is 0.165 e. The van der Waals surface area contributed by atoms with Crippen molar-refractivity contribution in [1.29, 1.82) is 0 Å². The van der Waals surface area contributed by atoms with E-state index in [-0.39, 0.29) is 11.6 Å². The lowest BCUT2D eigenvalue weighted by Crippen LogP contribution is -1.95. The predicted molar refractivity (Wildman–Crippen MR) is 52.1 cm³/mol. The monoisotopic (exact) mass is 222 g/mol. The van der Waals surface area contributed by atoms with E-state index >= 15 is 0 Å². The number of alkyl halides is 1. The van der Waals surface area contributed by atoms with Crippen LogP contribution in [-0.2, 0) is 5.88 Å². The van der Waals surface area contributed by atoms with Crippen LogP contribution in [0.5, 0.6) is 5.75 Å². The van der Waals surface area contributed by atoms with Crippen LogP contribution in [0.1, 0.15) is 12.5 Å². The lowest BCUT2D eigenvalue weighted by Gasteiger charge is -2.07. The second-order valence-corrected chi connectivity index (χ2v) is 3.12. The van der Waals surface area contributed by atoms with Crippen molar-refractivity contribution in [3.05, 3.63) is 28.5 Å². The molecule has 0 spiro atoms. The Morgan fingerprint density at radius 1 is 1.46 bits per heavy atom. The van der Waals surface area contributed by atoms with Gasteiger partial charge in [-0.2, -0.15) is 0 Å². The Labute approximate surface area is 86.4 Å². The Kier molecular flexibility index (Phi) is 3.82. The Morgan fingerprint density at radius 2 is 2.15 bits per heavy atom. The molecule has 0 unspecified atom stereocenters. The van der Waals surface area contributed by atoms with Crippen LogP contribution in [0.4, 0.5) is 4.39 Å². The summed E-state index contributed by atoms with van der Waals surface area (Å²) in [5, 5.41) is 0.430. The van der Waals surface area contributed by atoms with Crippen LogP contribution in [0.15, 0.2) is 12.1 Å². The summed E-state index contributed by atoms with van der Waals surface area (Å²) in [4.78, 5) is 0. The first-order valence-electron chi connectivity index (χ1n) is 3.85. The molecule has 0 aliphatic carbocycles. The molecule has 4 heteroatoms. The minimum absolute atomic E-state index is 0.168. The van der Waals surface area contributed by atoms with Crippen LogP contribution in [0, 0.1) is 5.82 Å². The van der Waals surface area contributed by atoms with Gasteiger partial charge in [0.25, 0.3) is 0 Å². The van der Waals surface area contributed by atoms with Gasteiger partial charge in [-0.15, -0.1) is 11.6 Å². The first-order chi connectivity index (χ1) is 6.19. The summed E-state index contributed by atoms with van der Waals surface area (Å²) in [6, 6.07) is 2.73. The molecule has 0 fully saturated rings. The van der Waals surface area contributed by atoms with Crippen molar-refractivity contribution in [1.82, 2.24) is 0 Å². The molecule has 0 aliphatic rings. The van der Waals surface area contributed by atoms with E-state index < -0.39 is 5.82 Å². The lowest BCUT2D eigenvalue weighted by atomic mass is 10.2. The third-order valence-electron chi connectivity index (χ3n) is 1.54. The van der Waals surface area contributed by atoms with Gasteiger partial charge in [-0.1, -0.05) is 11.6 Å². The third-order valence-corrected chi connectivity index (χ3v) is 2.18. The molecule has 0 radical (unpaired) electrons. The van der Waals surface area contributed by atoms with Gasteiger partial charge in [0.1, 0.15) is 0 Å². The molecule has 0 amide bonds. The second kappa shape index (κ2) is 4.68. The average molecular weight is 223 g/mol. The predicted octanol–water partition coefficient (Wildman–Crippen LogP) is 3.62. The molecule has 1 aromatic carbocycles. The van der Waals surface area contributed by atoms with Crippen molar-refractivity contribution in [2.24, 2.45) is 0 Å². The summed E-state index contributed by atoms with van der Waals surface area (Å²) >= 11 is 11.3. The van der Waals surface area contributed by atoms with Crippen molar-refractivity contribution in [2.45, 2.75) is 12.8 Å². The third kappa shape index (κ3) is 2.48. The summed E-state index contributed by atoms with van der Waals surface area (Å²) in [5.41, 5.74) is 0.573. The van der Waals surface area contributed by atoms with Crippen LogP contribution >= 0.6 is 23.2 Å². The van der Waals surface area contributed by atoms with Gasteiger partial charge in [0.05, 0.1) is 6.61 Å². The molecular weight excluding hydrogens is 214 g/mol. The van der Waals surface area contributed by atoms with E-state index in [9.17, 15) is 4.39 Å². The average Bonchev–Trinajstić information content (AvgIpc) is 2.11. The molecule has 72 valence electrons. The Morgan fingerprint density at radius 3 is 2.69 bits per heavy atom. The van der Waals surface area contributed by atoms with E-state index in [0.29, 0.717) is 17.2 Å². The fraction of sp³-hybridized carbons (Fsp3) is 0.333. The van der Waals surface area contributed by atoms with Crippen LogP contribution in [-0.4, -0.2) is 6.61 Å². The fourth-order valence-electron chi connectivity index (χ4n) is 0.938. The van der Waals surface area contributed by atoms with Crippen molar-refractivity contribution >= 4 is 23.2 Å². The zero-order valence-corrected chi connectivity index (χ0v) is 8.62. The highest BCUT2D eigenvalue weighted by molar-refractivity contribution is 6.32. The number of benzene rings is 1. The van der Waals surface area contributed by atoms with E-state index in [2.05, 4.69) is 0 Å². The van der Waals surface area contributed by atoms with E-state index in [1.165, 1.54) is 12.1 Å². The molecule has 1 nitrogen and oxygen atoms in total. The Hall–Kier alpha value is -0.470. The van der Waals surface area contributed by atoms with Crippen molar-refractivity contribution in [3.8, 4) is 5.75 Å². The summed E-state index contributed by atoms with van der Waals surface area (Å²) in [6.45, 7) is 2.19. The number of ether oxygens (including phenoxy) is 1. The smallest absolute Gasteiger partial charge is 0.165 e. The number of halogens is 3. The Bertz CT molecular complexity index is 302. The molecule has 1 rings (SSSR count). The van der Waals surface area contributed by atoms with Crippen LogP contribution < -0.4 is 4.74 Å². The standard InChI is InChI=1S/C9H9Cl2FO/c1-2-13-9-4-7(11)6(5-10)3-8(9)12/h3-4H,2,5H2,1H3. The minimum Gasteiger partial charge on any atom is -0.491 e. The molecular formula is C9H9Cl2FO. The highest BCUT2D eigenvalue weighted by atomic mass is 35.5. The maximum atomic E-state index is 13.2. The quantitative estimate of drug-likeness (QED) is 0.711. The number of hydrogen-bond acceptors (Lipinski definition) is 1. The normalized spacial score (nSPS) is 10.2. The largest absolute Gasteiger partial charge is 0.491 e. The summed E-state index contributed by atoms with van der Waals surface area (Å²) in [5.74, 6) is -0.0643. The molecule has 0 heterocycles. The summed E-state index contributed by atoms with van der Waals surface area (Å²) in [6.07, 6.45) is 0. The van der Waals surface area contributed by atoms with Crippen LogP contribution in [0.3, 0.4) is 0 Å². The van der Waals surface area contributed by atoms with Crippen LogP contribution in [0.25, 0.3) is 0 Å². The van der Waals surface area contributed by atoms with Gasteiger partial charge >= 0.3 is 0 Å². The molecule has 0 saturated carbocycles.